The Kier molecular flexibility index (Phi) is 5.25. The van der Waals surface area contributed by atoms with Crippen LogP contribution in [0.3, 0.4) is 0 Å². The first-order valence-electron chi connectivity index (χ1n) is 8.29. The lowest BCUT2D eigenvalue weighted by atomic mass is 10.1. The number of fused-ring (bicyclic) bond motifs is 1. The van der Waals surface area contributed by atoms with Crippen LogP contribution in [0, 0.1) is 6.92 Å². The molecule has 3 aromatic rings. The molecule has 0 aliphatic rings. The fourth-order valence-electron chi connectivity index (χ4n) is 2.73. The third kappa shape index (κ3) is 5.16. The van der Waals surface area contributed by atoms with Crippen molar-refractivity contribution in [3.8, 4) is 5.75 Å². The quantitative estimate of drug-likeness (QED) is 0.458. The summed E-state index contributed by atoms with van der Waals surface area (Å²) in [5.41, 5.74) is 9.78. The van der Waals surface area contributed by atoms with Gasteiger partial charge in [-0.3, -0.25) is 4.99 Å². The highest BCUT2D eigenvalue weighted by Crippen LogP contribution is 2.24. The van der Waals surface area contributed by atoms with Crippen molar-refractivity contribution in [2.24, 2.45) is 10.7 Å². The standard InChI is InChI=1S/C19H19F3N4O/c1-12-2-7-16-13(11-25-17(16)10-12)8-9-24-18(23)26-14-3-5-15(6-4-14)27-19(20,21)22/h2-7,10-11,25H,8-9H2,1H3,(H3,23,24,26). The number of anilines is 1. The van der Waals surface area contributed by atoms with Crippen LogP contribution in [0.5, 0.6) is 5.75 Å². The van der Waals surface area contributed by atoms with Gasteiger partial charge in [-0.2, -0.15) is 0 Å². The number of rotatable bonds is 5. The molecular weight excluding hydrogens is 357 g/mol. The van der Waals surface area contributed by atoms with Gasteiger partial charge in [-0.05, 0) is 54.8 Å². The SMILES string of the molecule is Cc1ccc2c(CCN=C(N)Nc3ccc(OC(F)(F)F)cc3)c[nH]c2c1. The number of nitrogens with one attached hydrogen (secondary N) is 2. The highest BCUT2D eigenvalue weighted by molar-refractivity contribution is 5.92. The smallest absolute Gasteiger partial charge is 0.406 e. The number of H-pyrrole nitrogens is 1. The Labute approximate surface area is 154 Å². The lowest BCUT2D eigenvalue weighted by molar-refractivity contribution is -0.274. The number of halogens is 3. The average molecular weight is 376 g/mol. The van der Waals surface area contributed by atoms with E-state index < -0.39 is 6.36 Å². The maximum Gasteiger partial charge on any atom is 0.573 e. The van der Waals surface area contributed by atoms with Gasteiger partial charge in [-0.25, -0.2) is 0 Å². The normalized spacial score (nSPS) is 12.4. The fourth-order valence-corrected chi connectivity index (χ4v) is 2.73. The van der Waals surface area contributed by atoms with Crippen molar-refractivity contribution in [3.05, 3.63) is 59.8 Å². The molecule has 0 bridgehead atoms. The second-order valence-electron chi connectivity index (χ2n) is 6.08. The van der Waals surface area contributed by atoms with Crippen molar-refractivity contribution in [2.45, 2.75) is 19.7 Å². The van der Waals surface area contributed by atoms with Crippen LogP contribution in [0.1, 0.15) is 11.1 Å². The fraction of sp³-hybridized carbons (Fsp3) is 0.211. The largest absolute Gasteiger partial charge is 0.573 e. The molecular formula is C19H19F3N4O. The molecule has 0 saturated carbocycles. The Balaban J connectivity index is 1.56. The first-order chi connectivity index (χ1) is 12.8. The molecule has 0 atom stereocenters. The van der Waals surface area contributed by atoms with Gasteiger partial charge in [0, 0.05) is 29.3 Å². The van der Waals surface area contributed by atoms with Gasteiger partial charge in [0.2, 0.25) is 0 Å². The summed E-state index contributed by atoms with van der Waals surface area (Å²) >= 11 is 0. The van der Waals surface area contributed by atoms with Crippen molar-refractivity contribution < 1.29 is 17.9 Å². The number of alkyl halides is 3. The summed E-state index contributed by atoms with van der Waals surface area (Å²) in [5.74, 6) is -0.103. The predicted octanol–water partition coefficient (Wildman–Crippen LogP) is 4.34. The maximum atomic E-state index is 12.1. The zero-order chi connectivity index (χ0) is 19.4. The minimum Gasteiger partial charge on any atom is -0.406 e. The summed E-state index contributed by atoms with van der Waals surface area (Å²) in [6, 6.07) is 11.5. The van der Waals surface area contributed by atoms with Gasteiger partial charge in [0.1, 0.15) is 5.75 Å². The van der Waals surface area contributed by atoms with E-state index in [0.29, 0.717) is 18.7 Å². The molecule has 0 unspecified atom stereocenters. The second kappa shape index (κ2) is 7.61. The molecule has 3 rings (SSSR count). The van der Waals surface area contributed by atoms with Gasteiger partial charge in [-0.15, -0.1) is 13.2 Å². The maximum absolute atomic E-state index is 12.1. The number of aromatic nitrogens is 1. The van der Waals surface area contributed by atoms with Crippen LogP contribution >= 0.6 is 0 Å². The topological polar surface area (TPSA) is 75.4 Å². The Morgan fingerprint density at radius 1 is 1.19 bits per heavy atom. The number of nitrogens with two attached hydrogens (primary N) is 1. The summed E-state index contributed by atoms with van der Waals surface area (Å²) in [7, 11) is 0. The van der Waals surface area contributed by atoms with Gasteiger partial charge < -0.3 is 20.8 Å². The number of aryl methyl sites for hydroxylation is 1. The van der Waals surface area contributed by atoms with E-state index in [1.165, 1.54) is 29.8 Å². The Morgan fingerprint density at radius 2 is 1.93 bits per heavy atom. The molecule has 0 spiro atoms. The lowest BCUT2D eigenvalue weighted by Crippen LogP contribution is -2.23. The molecule has 142 valence electrons. The van der Waals surface area contributed by atoms with E-state index in [1.807, 2.05) is 13.1 Å². The van der Waals surface area contributed by atoms with E-state index >= 15 is 0 Å². The number of ether oxygens (including phenoxy) is 1. The van der Waals surface area contributed by atoms with Crippen LogP contribution in [0.2, 0.25) is 0 Å². The molecule has 0 aliphatic carbocycles. The van der Waals surface area contributed by atoms with Crippen LogP contribution in [0.15, 0.2) is 53.7 Å². The number of hydrogen-bond donors (Lipinski definition) is 3. The summed E-state index contributed by atoms with van der Waals surface area (Å²) in [6.07, 6.45) is -2.04. The van der Waals surface area contributed by atoms with E-state index in [-0.39, 0.29) is 11.7 Å². The minimum atomic E-state index is -4.71. The summed E-state index contributed by atoms with van der Waals surface area (Å²) < 4.78 is 40.3. The van der Waals surface area contributed by atoms with Crippen LogP contribution in [-0.2, 0) is 6.42 Å². The van der Waals surface area contributed by atoms with Gasteiger partial charge in [0.15, 0.2) is 5.96 Å². The van der Waals surface area contributed by atoms with Gasteiger partial charge in [0.25, 0.3) is 0 Å². The summed E-state index contributed by atoms with van der Waals surface area (Å²) in [6.45, 7) is 2.52. The second-order valence-corrected chi connectivity index (χ2v) is 6.08. The third-order valence-corrected chi connectivity index (χ3v) is 3.95. The molecule has 0 fully saturated rings. The van der Waals surface area contributed by atoms with Crippen LogP contribution in [-0.4, -0.2) is 23.9 Å². The molecule has 4 N–H and O–H groups in total. The van der Waals surface area contributed by atoms with Crippen molar-refractivity contribution in [2.75, 3.05) is 11.9 Å². The highest BCUT2D eigenvalue weighted by atomic mass is 19.4. The molecule has 1 heterocycles. The van der Waals surface area contributed by atoms with E-state index in [4.69, 9.17) is 5.73 Å². The third-order valence-electron chi connectivity index (χ3n) is 3.95. The Hall–Kier alpha value is -3.16. The molecule has 1 aromatic heterocycles. The van der Waals surface area contributed by atoms with E-state index in [0.717, 1.165) is 16.5 Å². The zero-order valence-corrected chi connectivity index (χ0v) is 14.6. The number of benzene rings is 2. The number of aromatic amines is 1. The monoisotopic (exact) mass is 376 g/mol. The molecule has 2 aromatic carbocycles. The number of guanidine groups is 1. The average Bonchev–Trinajstić information content (AvgIpc) is 2.97. The van der Waals surface area contributed by atoms with Crippen molar-refractivity contribution in [1.82, 2.24) is 4.98 Å². The summed E-state index contributed by atoms with van der Waals surface area (Å²) in [4.78, 5) is 7.50. The zero-order valence-electron chi connectivity index (χ0n) is 14.6. The van der Waals surface area contributed by atoms with Gasteiger partial charge in [0.05, 0.1) is 0 Å². The van der Waals surface area contributed by atoms with Gasteiger partial charge >= 0.3 is 6.36 Å². The van der Waals surface area contributed by atoms with Crippen LogP contribution in [0.25, 0.3) is 10.9 Å². The van der Waals surface area contributed by atoms with Gasteiger partial charge in [-0.1, -0.05) is 12.1 Å². The van der Waals surface area contributed by atoms with Crippen molar-refractivity contribution >= 4 is 22.5 Å². The van der Waals surface area contributed by atoms with E-state index in [1.54, 1.807) is 0 Å². The molecule has 0 amide bonds. The molecule has 0 radical (unpaired) electrons. The molecule has 8 heteroatoms. The predicted molar refractivity (Wildman–Crippen MR) is 100.0 cm³/mol. The molecule has 5 nitrogen and oxygen atoms in total. The summed E-state index contributed by atoms with van der Waals surface area (Å²) in [5, 5.41) is 3.99. The first kappa shape index (κ1) is 18.6. The first-order valence-corrected chi connectivity index (χ1v) is 8.29. The Morgan fingerprint density at radius 3 is 2.63 bits per heavy atom. The molecule has 27 heavy (non-hydrogen) atoms. The Bertz CT molecular complexity index is 946. The van der Waals surface area contributed by atoms with Crippen molar-refractivity contribution in [1.29, 1.82) is 0 Å². The van der Waals surface area contributed by atoms with Crippen LogP contribution in [0.4, 0.5) is 18.9 Å². The van der Waals surface area contributed by atoms with Crippen molar-refractivity contribution in [3.63, 3.8) is 0 Å². The van der Waals surface area contributed by atoms with E-state index in [9.17, 15) is 13.2 Å². The highest BCUT2D eigenvalue weighted by Gasteiger charge is 2.30. The lowest BCUT2D eigenvalue weighted by Gasteiger charge is -2.10. The molecule has 0 aliphatic heterocycles. The van der Waals surface area contributed by atoms with Crippen LogP contribution < -0.4 is 15.8 Å². The minimum absolute atomic E-state index is 0.190. The molecule has 0 saturated heterocycles. The number of aliphatic imine (C=N–C) groups is 1. The van der Waals surface area contributed by atoms with E-state index in [2.05, 4.69) is 38.2 Å². The number of nitrogens with zero attached hydrogens (tertiary/aromatic N) is 1. The number of hydrogen-bond acceptors (Lipinski definition) is 2.